The third-order valence-electron chi connectivity index (χ3n) is 2.95. The third kappa shape index (κ3) is 2.57. The third-order valence-corrected chi connectivity index (χ3v) is 2.95. The van der Waals surface area contributed by atoms with Gasteiger partial charge in [0.15, 0.2) is 11.6 Å². The van der Waals surface area contributed by atoms with Crippen LogP contribution in [0.5, 0.6) is 5.75 Å². The minimum atomic E-state index is -0.307. The first-order valence-electron chi connectivity index (χ1n) is 5.75. The number of allylic oxidation sites excluding steroid dienone is 4. The zero-order chi connectivity index (χ0) is 12.5. The summed E-state index contributed by atoms with van der Waals surface area (Å²) in [6, 6.07) is 5.12. The van der Waals surface area contributed by atoms with Gasteiger partial charge in [-0.1, -0.05) is 38.1 Å². The molecule has 0 amide bonds. The Labute approximate surface area is 102 Å². The van der Waals surface area contributed by atoms with Gasteiger partial charge in [0.05, 0.1) is 7.11 Å². The molecule has 0 spiro atoms. The average Bonchev–Trinajstić information content (AvgIpc) is 2.27. The fourth-order valence-electron chi connectivity index (χ4n) is 2.11. The Morgan fingerprint density at radius 3 is 2.65 bits per heavy atom. The number of hydrogen-bond donors (Lipinski definition) is 0. The topological polar surface area (TPSA) is 9.23 Å². The van der Waals surface area contributed by atoms with E-state index in [-0.39, 0.29) is 11.2 Å². The van der Waals surface area contributed by atoms with Crippen LogP contribution in [-0.4, -0.2) is 7.11 Å². The lowest BCUT2D eigenvalue weighted by atomic mass is 9.83. The molecule has 2 rings (SSSR count). The van der Waals surface area contributed by atoms with Crippen LogP contribution in [0.2, 0.25) is 0 Å². The van der Waals surface area contributed by atoms with Gasteiger partial charge in [0.25, 0.3) is 0 Å². The van der Waals surface area contributed by atoms with E-state index < -0.39 is 0 Å². The van der Waals surface area contributed by atoms with Gasteiger partial charge in [0.2, 0.25) is 0 Å². The van der Waals surface area contributed by atoms with Crippen LogP contribution in [0.1, 0.15) is 25.8 Å². The highest BCUT2D eigenvalue weighted by atomic mass is 19.1. The Hall–Kier alpha value is -1.57. The quantitative estimate of drug-likeness (QED) is 0.694. The maximum absolute atomic E-state index is 13.6. The number of methoxy groups -OCH3 is 1. The van der Waals surface area contributed by atoms with Crippen molar-refractivity contribution in [1.82, 2.24) is 0 Å². The minimum absolute atomic E-state index is 0.0456. The standard InChI is InChI=1S/C15H17FO/c1-15(2)8-4-5-12(10-15)11-6-7-14(17-3)13(16)9-11/h4,6-10H,5H2,1-3H3. The first kappa shape index (κ1) is 11.9. The minimum Gasteiger partial charge on any atom is -0.494 e. The van der Waals surface area contributed by atoms with Gasteiger partial charge < -0.3 is 4.74 Å². The summed E-state index contributed by atoms with van der Waals surface area (Å²) in [7, 11) is 1.48. The Morgan fingerprint density at radius 1 is 1.29 bits per heavy atom. The Morgan fingerprint density at radius 2 is 2.06 bits per heavy atom. The van der Waals surface area contributed by atoms with E-state index in [1.807, 2.05) is 6.07 Å². The smallest absolute Gasteiger partial charge is 0.165 e. The summed E-state index contributed by atoms with van der Waals surface area (Å²) in [5.74, 6) is -0.0155. The van der Waals surface area contributed by atoms with Crippen LogP contribution >= 0.6 is 0 Å². The molecule has 0 bridgehead atoms. The van der Waals surface area contributed by atoms with Gasteiger partial charge in [-0.25, -0.2) is 4.39 Å². The summed E-state index contributed by atoms with van der Waals surface area (Å²) in [6.07, 6.45) is 7.36. The molecule has 2 heteroatoms. The molecular weight excluding hydrogens is 215 g/mol. The van der Waals surface area contributed by atoms with Crippen molar-refractivity contribution in [2.45, 2.75) is 20.3 Å². The fraction of sp³-hybridized carbons (Fsp3) is 0.333. The van der Waals surface area contributed by atoms with Crippen molar-refractivity contribution in [2.24, 2.45) is 5.41 Å². The Bertz CT molecular complexity index is 484. The highest BCUT2D eigenvalue weighted by Gasteiger charge is 2.17. The van der Waals surface area contributed by atoms with Crippen molar-refractivity contribution in [2.75, 3.05) is 7.11 Å². The van der Waals surface area contributed by atoms with Crippen molar-refractivity contribution in [3.05, 3.63) is 47.8 Å². The summed E-state index contributed by atoms with van der Waals surface area (Å²) in [5, 5.41) is 0. The lowest BCUT2D eigenvalue weighted by Gasteiger charge is -2.22. The van der Waals surface area contributed by atoms with Gasteiger partial charge in [-0.3, -0.25) is 0 Å². The summed E-state index contributed by atoms with van der Waals surface area (Å²) in [5.41, 5.74) is 2.14. The highest BCUT2D eigenvalue weighted by molar-refractivity contribution is 5.69. The van der Waals surface area contributed by atoms with Crippen LogP contribution in [0.15, 0.2) is 36.4 Å². The van der Waals surface area contributed by atoms with E-state index in [9.17, 15) is 4.39 Å². The van der Waals surface area contributed by atoms with Gasteiger partial charge in [-0.15, -0.1) is 0 Å². The van der Waals surface area contributed by atoms with E-state index in [2.05, 4.69) is 32.1 Å². The largest absolute Gasteiger partial charge is 0.494 e. The molecule has 0 fully saturated rings. The monoisotopic (exact) mass is 232 g/mol. The lowest BCUT2D eigenvalue weighted by Crippen LogP contribution is -2.07. The van der Waals surface area contributed by atoms with E-state index in [4.69, 9.17) is 4.74 Å². The van der Waals surface area contributed by atoms with Crippen molar-refractivity contribution < 1.29 is 9.13 Å². The molecule has 0 radical (unpaired) electrons. The molecule has 0 atom stereocenters. The van der Waals surface area contributed by atoms with Crippen molar-refractivity contribution in [3.8, 4) is 5.75 Å². The molecule has 0 unspecified atom stereocenters. The van der Waals surface area contributed by atoms with Crippen LogP contribution < -0.4 is 4.74 Å². The molecule has 1 aromatic rings. The molecule has 0 aliphatic heterocycles. The molecular formula is C15H17FO. The molecule has 90 valence electrons. The number of rotatable bonds is 2. The molecule has 0 aromatic heterocycles. The number of ether oxygens (including phenoxy) is 1. The second-order valence-electron chi connectivity index (χ2n) is 4.95. The molecule has 0 saturated heterocycles. The summed E-state index contributed by atoms with van der Waals surface area (Å²) in [6.45, 7) is 4.28. The van der Waals surface area contributed by atoms with E-state index in [0.717, 1.165) is 12.0 Å². The van der Waals surface area contributed by atoms with Crippen LogP contribution in [0.4, 0.5) is 4.39 Å². The van der Waals surface area contributed by atoms with Crippen LogP contribution in [0.25, 0.3) is 5.57 Å². The lowest BCUT2D eigenvalue weighted by molar-refractivity contribution is 0.386. The predicted molar refractivity (Wildman–Crippen MR) is 68.5 cm³/mol. The highest BCUT2D eigenvalue weighted by Crippen LogP contribution is 2.33. The van der Waals surface area contributed by atoms with Crippen molar-refractivity contribution >= 4 is 5.57 Å². The second-order valence-corrected chi connectivity index (χ2v) is 4.95. The van der Waals surface area contributed by atoms with Gasteiger partial charge in [-0.2, -0.15) is 0 Å². The molecule has 0 saturated carbocycles. The molecule has 0 N–H and O–H groups in total. The molecule has 1 aliphatic carbocycles. The normalized spacial score (nSPS) is 17.8. The molecule has 1 aromatic carbocycles. The second kappa shape index (κ2) is 4.36. The van der Waals surface area contributed by atoms with E-state index in [1.54, 1.807) is 12.1 Å². The van der Waals surface area contributed by atoms with E-state index in [0.29, 0.717) is 5.75 Å². The molecule has 0 heterocycles. The fourth-order valence-corrected chi connectivity index (χ4v) is 2.11. The van der Waals surface area contributed by atoms with Crippen LogP contribution in [0, 0.1) is 11.2 Å². The molecule has 1 nitrogen and oxygen atoms in total. The summed E-state index contributed by atoms with van der Waals surface area (Å²) in [4.78, 5) is 0. The Kier molecular flexibility index (Phi) is 3.05. The number of hydrogen-bond acceptors (Lipinski definition) is 1. The predicted octanol–water partition coefficient (Wildman–Crippen LogP) is 4.20. The zero-order valence-electron chi connectivity index (χ0n) is 10.5. The maximum atomic E-state index is 13.6. The maximum Gasteiger partial charge on any atom is 0.165 e. The van der Waals surface area contributed by atoms with Crippen LogP contribution in [-0.2, 0) is 0 Å². The van der Waals surface area contributed by atoms with Gasteiger partial charge in [-0.05, 0) is 29.7 Å². The summed E-state index contributed by atoms with van der Waals surface area (Å²) >= 11 is 0. The van der Waals surface area contributed by atoms with Crippen LogP contribution in [0.3, 0.4) is 0 Å². The average molecular weight is 232 g/mol. The SMILES string of the molecule is COc1ccc(C2=CC(C)(C)C=CC2)cc1F. The van der Waals surface area contributed by atoms with Gasteiger partial charge in [0, 0.05) is 5.41 Å². The zero-order valence-corrected chi connectivity index (χ0v) is 10.5. The number of halogens is 1. The van der Waals surface area contributed by atoms with Crippen molar-refractivity contribution in [3.63, 3.8) is 0 Å². The molecule has 1 aliphatic rings. The van der Waals surface area contributed by atoms with Gasteiger partial charge >= 0.3 is 0 Å². The van der Waals surface area contributed by atoms with E-state index in [1.165, 1.54) is 12.7 Å². The van der Waals surface area contributed by atoms with Gasteiger partial charge in [0.1, 0.15) is 0 Å². The number of benzene rings is 1. The molecule has 17 heavy (non-hydrogen) atoms. The summed E-state index contributed by atoms with van der Waals surface area (Å²) < 4.78 is 18.5. The Balaban J connectivity index is 2.36. The van der Waals surface area contributed by atoms with Crippen molar-refractivity contribution in [1.29, 1.82) is 0 Å². The first-order valence-corrected chi connectivity index (χ1v) is 5.75. The van der Waals surface area contributed by atoms with E-state index >= 15 is 0 Å². The first-order chi connectivity index (χ1) is 8.02.